The Morgan fingerprint density at radius 2 is 1.60 bits per heavy atom. The fourth-order valence-electron chi connectivity index (χ4n) is 3.60. The molecule has 156 valence electrons. The van der Waals surface area contributed by atoms with E-state index in [0.717, 1.165) is 67.1 Å². The highest BCUT2D eigenvalue weighted by atomic mass is 15.3. The summed E-state index contributed by atoms with van der Waals surface area (Å²) in [5.74, 6) is 3.93. The third-order valence-corrected chi connectivity index (χ3v) is 5.32. The lowest BCUT2D eigenvalue weighted by Crippen LogP contribution is -2.47. The monoisotopic (exact) mass is 403 g/mol. The molecule has 3 aromatic rings. The molecule has 0 radical (unpaired) electrons. The maximum atomic E-state index is 4.83. The zero-order valence-corrected chi connectivity index (χ0v) is 18.2. The molecule has 3 aromatic heterocycles. The summed E-state index contributed by atoms with van der Waals surface area (Å²) in [6.07, 6.45) is 2.65. The molecule has 4 rings (SSSR count). The summed E-state index contributed by atoms with van der Waals surface area (Å²) >= 11 is 0. The van der Waals surface area contributed by atoms with Crippen molar-refractivity contribution in [2.45, 2.75) is 40.0 Å². The van der Waals surface area contributed by atoms with Crippen molar-refractivity contribution in [1.82, 2.24) is 24.9 Å². The molecule has 1 saturated heterocycles. The maximum absolute atomic E-state index is 4.83. The minimum absolute atomic E-state index is 0.323. The molecule has 7 nitrogen and oxygen atoms in total. The average molecular weight is 404 g/mol. The van der Waals surface area contributed by atoms with Crippen LogP contribution in [0, 0.1) is 6.92 Å². The van der Waals surface area contributed by atoms with E-state index in [1.165, 1.54) is 0 Å². The van der Waals surface area contributed by atoms with Gasteiger partial charge in [-0.05, 0) is 25.5 Å². The van der Waals surface area contributed by atoms with Crippen LogP contribution in [0.25, 0.3) is 11.5 Å². The van der Waals surface area contributed by atoms with Crippen LogP contribution >= 0.6 is 0 Å². The molecule has 0 spiro atoms. The van der Waals surface area contributed by atoms with Gasteiger partial charge in [-0.1, -0.05) is 26.8 Å². The van der Waals surface area contributed by atoms with Crippen molar-refractivity contribution in [3.63, 3.8) is 0 Å². The zero-order valence-electron chi connectivity index (χ0n) is 18.2. The van der Waals surface area contributed by atoms with Crippen LogP contribution in [-0.4, -0.2) is 51.1 Å². The molecule has 0 N–H and O–H groups in total. The fourth-order valence-corrected chi connectivity index (χ4v) is 3.60. The Morgan fingerprint density at radius 1 is 0.900 bits per heavy atom. The quantitative estimate of drug-likeness (QED) is 0.644. The third kappa shape index (κ3) is 4.40. The molecule has 1 fully saturated rings. The molecule has 0 saturated carbocycles. The molecule has 1 aliphatic heterocycles. The number of hydrogen-bond acceptors (Lipinski definition) is 7. The smallest absolute Gasteiger partial charge is 0.180 e. The van der Waals surface area contributed by atoms with Crippen molar-refractivity contribution in [3.8, 4) is 11.5 Å². The van der Waals surface area contributed by atoms with Crippen LogP contribution in [0.3, 0.4) is 0 Å². The first-order valence-corrected chi connectivity index (χ1v) is 10.7. The summed E-state index contributed by atoms with van der Waals surface area (Å²) in [5, 5.41) is 0. The number of anilines is 2. The third-order valence-electron chi connectivity index (χ3n) is 5.32. The van der Waals surface area contributed by atoms with Gasteiger partial charge in [0.25, 0.3) is 0 Å². The molecule has 7 heteroatoms. The van der Waals surface area contributed by atoms with Crippen molar-refractivity contribution < 1.29 is 0 Å². The highest BCUT2D eigenvalue weighted by molar-refractivity contribution is 5.54. The Labute approximate surface area is 178 Å². The fraction of sp³-hybridized carbons (Fsp3) is 0.435. The number of hydrogen-bond donors (Lipinski definition) is 0. The second-order valence-corrected chi connectivity index (χ2v) is 7.96. The number of aryl methyl sites for hydroxylation is 2. The predicted octanol–water partition coefficient (Wildman–Crippen LogP) is 3.65. The topological polar surface area (TPSA) is 70.9 Å². The van der Waals surface area contributed by atoms with Crippen LogP contribution < -0.4 is 9.80 Å². The molecule has 0 bridgehead atoms. The molecule has 0 aliphatic carbocycles. The summed E-state index contributed by atoms with van der Waals surface area (Å²) in [6, 6.07) is 10.0. The van der Waals surface area contributed by atoms with Crippen molar-refractivity contribution in [1.29, 1.82) is 0 Å². The van der Waals surface area contributed by atoms with E-state index in [0.29, 0.717) is 11.7 Å². The van der Waals surface area contributed by atoms with Crippen LogP contribution in [0.1, 0.15) is 43.9 Å². The van der Waals surface area contributed by atoms with Gasteiger partial charge in [0.05, 0.1) is 0 Å². The highest BCUT2D eigenvalue weighted by Crippen LogP contribution is 2.23. The van der Waals surface area contributed by atoms with Crippen LogP contribution in [-0.2, 0) is 6.42 Å². The van der Waals surface area contributed by atoms with E-state index in [1.807, 2.05) is 25.1 Å². The van der Waals surface area contributed by atoms with Crippen molar-refractivity contribution >= 4 is 11.6 Å². The molecule has 1 aliphatic rings. The lowest BCUT2D eigenvalue weighted by molar-refractivity contribution is 0.635. The first kappa shape index (κ1) is 20.2. The van der Waals surface area contributed by atoms with Gasteiger partial charge in [-0.3, -0.25) is 4.98 Å². The number of pyridine rings is 1. The van der Waals surface area contributed by atoms with E-state index in [4.69, 9.17) is 9.97 Å². The van der Waals surface area contributed by atoms with Crippen molar-refractivity contribution in [2.75, 3.05) is 36.0 Å². The molecule has 4 heterocycles. The Hall–Kier alpha value is -3.09. The van der Waals surface area contributed by atoms with E-state index >= 15 is 0 Å². The molecular formula is C23H29N7. The number of piperazine rings is 1. The van der Waals surface area contributed by atoms with Gasteiger partial charge >= 0.3 is 0 Å². The van der Waals surface area contributed by atoms with E-state index in [2.05, 4.69) is 57.7 Å². The molecule has 0 amide bonds. The zero-order chi connectivity index (χ0) is 21.1. The summed E-state index contributed by atoms with van der Waals surface area (Å²) < 4.78 is 0. The molecular weight excluding hydrogens is 374 g/mol. The molecule has 0 atom stereocenters. The van der Waals surface area contributed by atoms with E-state index in [1.54, 1.807) is 6.20 Å². The van der Waals surface area contributed by atoms with Crippen molar-refractivity contribution in [3.05, 3.63) is 53.7 Å². The largest absolute Gasteiger partial charge is 0.353 e. The molecule has 0 unspecified atom stereocenters. The predicted molar refractivity (Wildman–Crippen MR) is 120 cm³/mol. The van der Waals surface area contributed by atoms with Gasteiger partial charge in [-0.25, -0.2) is 19.9 Å². The van der Waals surface area contributed by atoms with Gasteiger partial charge in [0.1, 0.15) is 23.2 Å². The second kappa shape index (κ2) is 8.73. The van der Waals surface area contributed by atoms with Crippen LogP contribution in [0.4, 0.5) is 11.6 Å². The Balaban J connectivity index is 1.53. The van der Waals surface area contributed by atoms with Gasteiger partial charge in [-0.2, -0.15) is 0 Å². The molecule has 0 aromatic carbocycles. The average Bonchev–Trinajstić information content (AvgIpc) is 2.79. The Bertz CT molecular complexity index is 996. The maximum Gasteiger partial charge on any atom is 0.180 e. The van der Waals surface area contributed by atoms with Gasteiger partial charge in [0.15, 0.2) is 5.82 Å². The Kier molecular flexibility index (Phi) is 5.88. The summed E-state index contributed by atoms with van der Waals surface area (Å²) in [6.45, 7) is 12.0. The van der Waals surface area contributed by atoms with Crippen LogP contribution in [0.2, 0.25) is 0 Å². The van der Waals surface area contributed by atoms with Gasteiger partial charge in [0.2, 0.25) is 0 Å². The number of rotatable bonds is 5. The summed E-state index contributed by atoms with van der Waals surface area (Å²) in [5.41, 5.74) is 2.87. The summed E-state index contributed by atoms with van der Waals surface area (Å²) in [7, 11) is 0. The van der Waals surface area contributed by atoms with Gasteiger partial charge in [0, 0.05) is 61.8 Å². The van der Waals surface area contributed by atoms with Crippen LogP contribution in [0.15, 0.2) is 36.5 Å². The lowest BCUT2D eigenvalue weighted by atomic mass is 10.2. The number of nitrogens with zero attached hydrogens (tertiary/aromatic N) is 7. The van der Waals surface area contributed by atoms with E-state index in [9.17, 15) is 0 Å². The van der Waals surface area contributed by atoms with Crippen LogP contribution in [0.5, 0.6) is 0 Å². The van der Waals surface area contributed by atoms with Gasteiger partial charge < -0.3 is 9.80 Å². The minimum atomic E-state index is 0.323. The molecule has 30 heavy (non-hydrogen) atoms. The van der Waals surface area contributed by atoms with E-state index in [-0.39, 0.29) is 0 Å². The first-order valence-electron chi connectivity index (χ1n) is 10.7. The standard InChI is InChI=1S/C23H29N7/c1-5-18-15-21(28-23(26-18)19-8-6-7-9-24-19)30-12-10-29(11-13-30)20-14-17(4)25-22(27-20)16(2)3/h6-9,14-16H,5,10-13H2,1-4H3. The SMILES string of the molecule is CCc1cc(N2CCN(c3cc(C)nc(C(C)C)n3)CC2)nc(-c2ccccn2)n1. The Morgan fingerprint density at radius 3 is 2.20 bits per heavy atom. The first-order chi connectivity index (χ1) is 14.5. The lowest BCUT2D eigenvalue weighted by Gasteiger charge is -2.36. The normalized spacial score (nSPS) is 14.4. The van der Waals surface area contributed by atoms with E-state index < -0.39 is 0 Å². The van der Waals surface area contributed by atoms with Gasteiger partial charge in [-0.15, -0.1) is 0 Å². The highest BCUT2D eigenvalue weighted by Gasteiger charge is 2.21. The summed E-state index contributed by atoms with van der Waals surface area (Å²) in [4.78, 5) is 28.0. The van der Waals surface area contributed by atoms with Crippen molar-refractivity contribution in [2.24, 2.45) is 0 Å². The minimum Gasteiger partial charge on any atom is -0.353 e. The second-order valence-electron chi connectivity index (χ2n) is 7.96. The number of aromatic nitrogens is 5.